The quantitative estimate of drug-likeness (QED) is 0.351. The lowest BCUT2D eigenvalue weighted by atomic mass is 10.2. The Bertz CT molecular complexity index is 864. The fraction of sp³-hybridized carbons (Fsp3) is 0.308. The third-order valence-electron chi connectivity index (χ3n) is 4.17. The van der Waals surface area contributed by atoms with E-state index in [4.69, 9.17) is 10.5 Å². The molecule has 0 fully saturated rings. The van der Waals surface area contributed by atoms with Gasteiger partial charge >= 0.3 is 0 Å². The van der Waals surface area contributed by atoms with Crippen LogP contribution in [0.4, 0.5) is 0 Å². The monoisotopic (exact) mass is 398 g/mol. The summed E-state index contributed by atoms with van der Waals surface area (Å²) in [6, 6.07) is 24.7. The number of rotatable bonds is 9. The van der Waals surface area contributed by atoms with Crippen molar-refractivity contribution < 1.29 is 0 Å². The van der Waals surface area contributed by atoms with E-state index in [0.717, 1.165) is 19.6 Å². The molecule has 2 rings (SSSR count). The summed E-state index contributed by atoms with van der Waals surface area (Å²) in [7, 11) is 0. The summed E-state index contributed by atoms with van der Waals surface area (Å²) in [5.74, 6) is 5.82. The van der Waals surface area contributed by atoms with E-state index in [1.807, 2.05) is 61.2 Å². The van der Waals surface area contributed by atoms with Crippen LogP contribution >= 0.6 is 0 Å². The van der Waals surface area contributed by atoms with Crippen molar-refractivity contribution in [1.82, 2.24) is 9.80 Å². The Morgan fingerprint density at radius 1 is 0.767 bits per heavy atom. The van der Waals surface area contributed by atoms with E-state index in [1.54, 1.807) is 0 Å². The van der Waals surface area contributed by atoms with E-state index >= 15 is 0 Å². The smallest absolute Gasteiger partial charge is 0.0876 e. The predicted molar refractivity (Wildman–Crippen MR) is 123 cm³/mol. The van der Waals surface area contributed by atoms with Crippen molar-refractivity contribution >= 4 is 0 Å². The fourth-order valence-electron chi connectivity index (χ4n) is 2.68. The van der Waals surface area contributed by atoms with Crippen molar-refractivity contribution in [1.29, 1.82) is 10.5 Å². The van der Waals surface area contributed by atoms with Gasteiger partial charge in [-0.05, 0) is 25.0 Å². The zero-order chi connectivity index (χ0) is 21.9. The molecule has 4 nitrogen and oxygen atoms in total. The van der Waals surface area contributed by atoms with Gasteiger partial charge in [-0.1, -0.05) is 78.7 Å². The SMILES string of the molecule is C/C=C\CN(CC#N)Cc1ccccc1.CC#CCN(CC#N)Cc1ccccc1. The van der Waals surface area contributed by atoms with Crippen molar-refractivity contribution in [3.05, 3.63) is 83.9 Å². The van der Waals surface area contributed by atoms with Crippen LogP contribution in [0.25, 0.3) is 0 Å². The first-order chi connectivity index (χ1) is 14.7. The van der Waals surface area contributed by atoms with Gasteiger partial charge in [0.15, 0.2) is 0 Å². The summed E-state index contributed by atoms with van der Waals surface area (Å²) in [5.41, 5.74) is 2.46. The van der Waals surface area contributed by atoms with Crippen LogP contribution in [0.15, 0.2) is 72.8 Å². The normalized spacial score (nSPS) is 9.93. The van der Waals surface area contributed by atoms with Gasteiger partial charge in [-0.25, -0.2) is 0 Å². The van der Waals surface area contributed by atoms with Crippen LogP contribution < -0.4 is 0 Å². The minimum atomic E-state index is 0.420. The molecule has 0 saturated heterocycles. The van der Waals surface area contributed by atoms with E-state index in [9.17, 15) is 0 Å². The molecule has 0 amide bonds. The second-order valence-electron chi connectivity index (χ2n) is 6.60. The standard InChI is InChI=1S/C13H16N2.C13H14N2/c2*1-2-3-10-15(11-9-14)12-13-7-5-4-6-8-13/h2-8H,10-12H2,1H3;4-8H,10-12H2,1H3/b3-2-;. The summed E-state index contributed by atoms with van der Waals surface area (Å²) in [6.45, 7) is 7.79. The molecular formula is C26H30N4. The molecule has 30 heavy (non-hydrogen) atoms. The van der Waals surface area contributed by atoms with Gasteiger partial charge in [0.05, 0.1) is 31.8 Å². The highest BCUT2D eigenvalue weighted by Gasteiger charge is 2.03. The van der Waals surface area contributed by atoms with E-state index < -0.39 is 0 Å². The lowest BCUT2D eigenvalue weighted by Crippen LogP contribution is -2.23. The summed E-state index contributed by atoms with van der Waals surface area (Å²) in [4.78, 5) is 4.13. The van der Waals surface area contributed by atoms with Gasteiger partial charge in [-0.3, -0.25) is 9.80 Å². The summed E-state index contributed by atoms with van der Waals surface area (Å²) in [5, 5.41) is 17.4. The molecule has 0 unspecified atom stereocenters. The molecule has 4 heteroatoms. The lowest BCUT2D eigenvalue weighted by molar-refractivity contribution is 0.331. The van der Waals surface area contributed by atoms with Gasteiger partial charge in [0.2, 0.25) is 0 Å². The van der Waals surface area contributed by atoms with E-state index in [1.165, 1.54) is 11.1 Å². The van der Waals surface area contributed by atoms with Crippen LogP contribution in [-0.4, -0.2) is 36.0 Å². The predicted octanol–water partition coefficient (Wildman–Crippen LogP) is 4.62. The van der Waals surface area contributed by atoms with Gasteiger partial charge < -0.3 is 0 Å². The van der Waals surface area contributed by atoms with Crippen LogP contribution in [0.2, 0.25) is 0 Å². The molecule has 0 bridgehead atoms. The number of hydrogen-bond donors (Lipinski definition) is 0. The van der Waals surface area contributed by atoms with Gasteiger partial charge in [0, 0.05) is 19.6 Å². The van der Waals surface area contributed by atoms with Gasteiger partial charge in [-0.2, -0.15) is 10.5 Å². The highest BCUT2D eigenvalue weighted by molar-refractivity contribution is 5.16. The number of hydrogen-bond acceptors (Lipinski definition) is 4. The Morgan fingerprint density at radius 2 is 1.27 bits per heavy atom. The Hall–Kier alpha value is -3.36. The van der Waals surface area contributed by atoms with Crippen LogP contribution in [0.1, 0.15) is 25.0 Å². The number of nitriles is 2. The van der Waals surface area contributed by atoms with Gasteiger partial charge in [0.1, 0.15) is 0 Å². The minimum Gasteiger partial charge on any atom is -0.283 e. The molecule has 0 atom stereocenters. The zero-order valence-corrected chi connectivity index (χ0v) is 18.0. The maximum atomic E-state index is 8.70. The molecule has 0 spiro atoms. The van der Waals surface area contributed by atoms with E-state index in [0.29, 0.717) is 19.6 Å². The molecule has 0 aliphatic heterocycles. The second kappa shape index (κ2) is 16.6. The molecular weight excluding hydrogens is 368 g/mol. The Balaban J connectivity index is 0.000000300. The lowest BCUT2D eigenvalue weighted by Gasteiger charge is -2.16. The van der Waals surface area contributed by atoms with Gasteiger partial charge in [0.25, 0.3) is 0 Å². The summed E-state index contributed by atoms with van der Waals surface area (Å²) >= 11 is 0. The molecule has 0 heterocycles. The first kappa shape index (κ1) is 24.7. The third-order valence-corrected chi connectivity index (χ3v) is 4.17. The van der Waals surface area contributed by atoms with Crippen molar-refractivity contribution in [3.8, 4) is 24.0 Å². The Kier molecular flexibility index (Phi) is 13.6. The third kappa shape index (κ3) is 11.5. The summed E-state index contributed by atoms with van der Waals surface area (Å²) in [6.07, 6.45) is 4.08. The number of nitrogens with zero attached hydrogens (tertiary/aromatic N) is 4. The van der Waals surface area contributed by atoms with Crippen LogP contribution in [0.5, 0.6) is 0 Å². The minimum absolute atomic E-state index is 0.420. The highest BCUT2D eigenvalue weighted by Crippen LogP contribution is 2.04. The van der Waals surface area contributed by atoms with Crippen molar-refractivity contribution in [2.75, 3.05) is 26.2 Å². The molecule has 154 valence electrons. The fourth-order valence-corrected chi connectivity index (χ4v) is 2.68. The molecule has 0 aromatic heterocycles. The molecule has 0 aliphatic carbocycles. The topological polar surface area (TPSA) is 54.1 Å². The average molecular weight is 399 g/mol. The Morgan fingerprint density at radius 3 is 1.73 bits per heavy atom. The number of allylic oxidation sites excluding steroid dienone is 1. The van der Waals surface area contributed by atoms with Crippen LogP contribution in [0.3, 0.4) is 0 Å². The van der Waals surface area contributed by atoms with Crippen molar-refractivity contribution in [2.24, 2.45) is 0 Å². The number of benzene rings is 2. The Labute approximate surface area is 181 Å². The molecule has 0 N–H and O–H groups in total. The van der Waals surface area contributed by atoms with Crippen molar-refractivity contribution in [3.63, 3.8) is 0 Å². The van der Waals surface area contributed by atoms with Crippen LogP contribution in [0, 0.1) is 34.5 Å². The molecule has 0 aliphatic rings. The largest absolute Gasteiger partial charge is 0.283 e. The first-order valence-corrected chi connectivity index (χ1v) is 10.0. The first-order valence-electron chi connectivity index (χ1n) is 10.0. The van der Waals surface area contributed by atoms with E-state index in [2.05, 4.69) is 59.2 Å². The van der Waals surface area contributed by atoms with Crippen molar-refractivity contribution in [2.45, 2.75) is 26.9 Å². The van der Waals surface area contributed by atoms with E-state index in [-0.39, 0.29) is 0 Å². The maximum absolute atomic E-state index is 8.70. The molecule has 0 radical (unpaired) electrons. The highest BCUT2D eigenvalue weighted by atomic mass is 15.1. The van der Waals surface area contributed by atoms with Crippen LogP contribution in [-0.2, 0) is 13.1 Å². The summed E-state index contributed by atoms with van der Waals surface area (Å²) < 4.78 is 0. The zero-order valence-electron chi connectivity index (χ0n) is 18.0. The maximum Gasteiger partial charge on any atom is 0.0876 e. The molecule has 2 aromatic carbocycles. The molecule has 0 saturated carbocycles. The molecule has 2 aromatic rings. The van der Waals surface area contributed by atoms with Gasteiger partial charge in [-0.15, -0.1) is 5.92 Å². The second-order valence-corrected chi connectivity index (χ2v) is 6.60. The average Bonchev–Trinajstić information content (AvgIpc) is 2.78.